The molecule has 2 aromatic rings. The lowest BCUT2D eigenvalue weighted by molar-refractivity contribution is -0.116. The summed E-state index contributed by atoms with van der Waals surface area (Å²) in [5.74, 6) is -0.275. The molecular formula is C15H16BrN3O2. The summed E-state index contributed by atoms with van der Waals surface area (Å²) in [4.78, 5) is 24.1. The Morgan fingerprint density at radius 2 is 2.00 bits per heavy atom. The Bertz CT molecular complexity index is 753. The van der Waals surface area contributed by atoms with Crippen molar-refractivity contribution in [2.45, 2.75) is 20.4 Å². The van der Waals surface area contributed by atoms with Crippen LogP contribution >= 0.6 is 15.9 Å². The first-order valence-corrected chi connectivity index (χ1v) is 7.18. The first-order valence-electron chi connectivity index (χ1n) is 6.39. The van der Waals surface area contributed by atoms with Crippen molar-refractivity contribution in [3.8, 4) is 0 Å². The van der Waals surface area contributed by atoms with Crippen LogP contribution in [0.1, 0.15) is 11.1 Å². The number of nitrogens with two attached hydrogens (primary N) is 1. The molecular weight excluding hydrogens is 334 g/mol. The summed E-state index contributed by atoms with van der Waals surface area (Å²) in [7, 11) is 0. The van der Waals surface area contributed by atoms with Gasteiger partial charge in [0.15, 0.2) is 0 Å². The van der Waals surface area contributed by atoms with Crippen molar-refractivity contribution in [2.24, 2.45) is 0 Å². The number of anilines is 2. The molecule has 0 aliphatic heterocycles. The second kappa shape index (κ2) is 6.13. The lowest BCUT2D eigenvalue weighted by atomic mass is 10.2. The van der Waals surface area contributed by atoms with Crippen molar-refractivity contribution in [1.29, 1.82) is 0 Å². The summed E-state index contributed by atoms with van der Waals surface area (Å²) < 4.78 is 2.13. The first-order chi connectivity index (χ1) is 9.86. The number of aryl methyl sites for hydroxylation is 2. The topological polar surface area (TPSA) is 77.1 Å². The van der Waals surface area contributed by atoms with E-state index in [1.54, 1.807) is 31.3 Å². The Morgan fingerprint density at radius 3 is 2.71 bits per heavy atom. The van der Waals surface area contributed by atoms with Gasteiger partial charge in [-0.1, -0.05) is 6.07 Å². The number of carbonyl (C=O) groups is 1. The van der Waals surface area contributed by atoms with Gasteiger partial charge in [0.05, 0.1) is 0 Å². The smallest absolute Gasteiger partial charge is 0.253 e. The van der Waals surface area contributed by atoms with E-state index in [9.17, 15) is 9.59 Å². The molecule has 0 atom stereocenters. The molecule has 0 bridgehead atoms. The zero-order chi connectivity index (χ0) is 15.6. The van der Waals surface area contributed by atoms with E-state index in [1.165, 1.54) is 4.57 Å². The number of halogens is 1. The number of pyridine rings is 1. The molecule has 0 radical (unpaired) electrons. The van der Waals surface area contributed by atoms with E-state index >= 15 is 0 Å². The van der Waals surface area contributed by atoms with E-state index in [4.69, 9.17) is 5.73 Å². The van der Waals surface area contributed by atoms with Crippen LogP contribution < -0.4 is 16.6 Å². The van der Waals surface area contributed by atoms with Gasteiger partial charge in [-0.25, -0.2) is 0 Å². The van der Waals surface area contributed by atoms with Crippen LogP contribution in [-0.4, -0.2) is 10.5 Å². The minimum Gasteiger partial charge on any atom is -0.399 e. The van der Waals surface area contributed by atoms with Crippen LogP contribution in [0.4, 0.5) is 11.4 Å². The van der Waals surface area contributed by atoms with E-state index in [0.29, 0.717) is 16.9 Å². The fourth-order valence-electron chi connectivity index (χ4n) is 1.98. The number of rotatable bonds is 3. The molecule has 0 saturated carbocycles. The van der Waals surface area contributed by atoms with Gasteiger partial charge in [-0.15, -0.1) is 0 Å². The van der Waals surface area contributed by atoms with Crippen LogP contribution in [0.5, 0.6) is 0 Å². The average Bonchev–Trinajstić information content (AvgIpc) is 2.39. The molecule has 110 valence electrons. The molecule has 2 rings (SSSR count). The lowest BCUT2D eigenvalue weighted by Gasteiger charge is -2.11. The molecule has 5 nitrogen and oxygen atoms in total. The molecule has 1 aromatic carbocycles. The highest BCUT2D eigenvalue weighted by Crippen LogP contribution is 2.18. The van der Waals surface area contributed by atoms with Crippen molar-refractivity contribution in [1.82, 2.24) is 4.57 Å². The largest absolute Gasteiger partial charge is 0.399 e. The van der Waals surface area contributed by atoms with Gasteiger partial charge in [0, 0.05) is 27.6 Å². The second-order valence-corrected chi connectivity index (χ2v) is 5.81. The Kier molecular flexibility index (Phi) is 4.47. The van der Waals surface area contributed by atoms with Crippen molar-refractivity contribution >= 4 is 33.2 Å². The summed E-state index contributed by atoms with van der Waals surface area (Å²) in [6.45, 7) is 3.54. The molecule has 0 saturated heterocycles. The number of hydrogen-bond donors (Lipinski definition) is 2. The van der Waals surface area contributed by atoms with E-state index in [1.807, 2.05) is 13.0 Å². The number of amides is 1. The van der Waals surface area contributed by atoms with Gasteiger partial charge in [-0.05, 0) is 53.5 Å². The highest BCUT2D eigenvalue weighted by atomic mass is 79.9. The van der Waals surface area contributed by atoms with Crippen LogP contribution in [0.15, 0.2) is 39.7 Å². The van der Waals surface area contributed by atoms with Crippen molar-refractivity contribution in [3.05, 3.63) is 56.4 Å². The third-order valence-electron chi connectivity index (χ3n) is 3.08. The summed E-state index contributed by atoms with van der Waals surface area (Å²) in [5.41, 5.74) is 8.25. The quantitative estimate of drug-likeness (QED) is 0.835. The van der Waals surface area contributed by atoms with Gasteiger partial charge in [0.25, 0.3) is 5.56 Å². The van der Waals surface area contributed by atoms with Crippen LogP contribution in [0, 0.1) is 13.8 Å². The number of carbonyl (C=O) groups excluding carboxylic acids is 1. The predicted octanol–water partition coefficient (Wildman–Crippen LogP) is 2.45. The van der Waals surface area contributed by atoms with Crippen LogP contribution in [0.25, 0.3) is 0 Å². The van der Waals surface area contributed by atoms with Crippen molar-refractivity contribution in [3.63, 3.8) is 0 Å². The Balaban J connectivity index is 2.19. The Hall–Kier alpha value is -2.08. The molecule has 0 fully saturated rings. The molecule has 1 aromatic heterocycles. The molecule has 1 amide bonds. The lowest BCUT2D eigenvalue weighted by Crippen LogP contribution is -2.28. The predicted molar refractivity (Wildman–Crippen MR) is 87.4 cm³/mol. The Morgan fingerprint density at radius 1 is 1.29 bits per heavy atom. The fourth-order valence-corrected chi connectivity index (χ4v) is 2.57. The van der Waals surface area contributed by atoms with Gasteiger partial charge in [0.2, 0.25) is 5.91 Å². The van der Waals surface area contributed by atoms with Gasteiger partial charge in [0.1, 0.15) is 6.54 Å². The molecule has 0 spiro atoms. The highest BCUT2D eigenvalue weighted by Gasteiger charge is 2.09. The molecule has 0 aliphatic rings. The van der Waals surface area contributed by atoms with Crippen molar-refractivity contribution < 1.29 is 4.79 Å². The molecule has 1 heterocycles. The van der Waals surface area contributed by atoms with Crippen LogP contribution in [0.2, 0.25) is 0 Å². The van der Waals surface area contributed by atoms with Gasteiger partial charge in [-0.3, -0.25) is 9.59 Å². The minimum atomic E-state index is -0.275. The Labute approximate surface area is 130 Å². The van der Waals surface area contributed by atoms with Gasteiger partial charge < -0.3 is 15.6 Å². The first kappa shape index (κ1) is 15.3. The molecule has 6 heteroatoms. The standard InChI is InChI=1S/C15H16BrN3O2/c1-9-3-4-12(17)6-13(9)18-14(20)8-19-7-11(16)5-10(2)15(19)21/h3-7H,8,17H2,1-2H3,(H,18,20). The van der Waals surface area contributed by atoms with Crippen molar-refractivity contribution in [2.75, 3.05) is 11.1 Å². The SMILES string of the molecule is Cc1ccc(N)cc1NC(=O)Cn1cc(Br)cc(C)c1=O. The van der Waals surface area contributed by atoms with Gasteiger partial charge >= 0.3 is 0 Å². The number of nitrogens with one attached hydrogen (secondary N) is 1. The maximum absolute atomic E-state index is 12.1. The van der Waals surface area contributed by atoms with E-state index in [0.717, 1.165) is 10.0 Å². The van der Waals surface area contributed by atoms with E-state index in [2.05, 4.69) is 21.2 Å². The van der Waals surface area contributed by atoms with Crippen LogP contribution in [0.3, 0.4) is 0 Å². The summed E-state index contributed by atoms with van der Waals surface area (Å²) >= 11 is 3.32. The van der Waals surface area contributed by atoms with Gasteiger partial charge in [-0.2, -0.15) is 0 Å². The molecule has 0 unspecified atom stereocenters. The summed E-state index contributed by atoms with van der Waals surface area (Å²) in [6, 6.07) is 7.02. The second-order valence-electron chi connectivity index (χ2n) is 4.90. The maximum Gasteiger partial charge on any atom is 0.253 e. The average molecular weight is 350 g/mol. The number of benzene rings is 1. The molecule has 3 N–H and O–H groups in total. The summed E-state index contributed by atoms with van der Waals surface area (Å²) in [6.07, 6.45) is 1.60. The number of nitrogen functional groups attached to an aromatic ring is 1. The normalized spacial score (nSPS) is 10.4. The van der Waals surface area contributed by atoms with E-state index < -0.39 is 0 Å². The fraction of sp³-hybridized carbons (Fsp3) is 0.200. The maximum atomic E-state index is 12.1. The number of aromatic nitrogens is 1. The highest BCUT2D eigenvalue weighted by molar-refractivity contribution is 9.10. The molecule has 0 aliphatic carbocycles. The third kappa shape index (κ3) is 3.72. The minimum absolute atomic E-state index is 0.0483. The number of hydrogen-bond acceptors (Lipinski definition) is 3. The van der Waals surface area contributed by atoms with Crippen LogP contribution in [-0.2, 0) is 11.3 Å². The summed E-state index contributed by atoms with van der Waals surface area (Å²) in [5, 5.41) is 2.77. The third-order valence-corrected chi connectivity index (χ3v) is 3.52. The monoisotopic (exact) mass is 349 g/mol. The zero-order valence-corrected chi connectivity index (χ0v) is 13.4. The molecule has 21 heavy (non-hydrogen) atoms. The van der Waals surface area contributed by atoms with E-state index in [-0.39, 0.29) is 18.0 Å². The number of nitrogens with zero attached hydrogens (tertiary/aromatic N) is 1. The zero-order valence-electron chi connectivity index (χ0n) is 11.8.